The fourth-order valence-electron chi connectivity index (χ4n) is 1.42. The summed E-state index contributed by atoms with van der Waals surface area (Å²) < 4.78 is 0. The van der Waals surface area contributed by atoms with Crippen LogP contribution in [0.15, 0.2) is 23.1 Å². The molecule has 0 amide bonds. The van der Waals surface area contributed by atoms with Gasteiger partial charge in [-0.25, -0.2) is 4.79 Å². The minimum absolute atomic E-state index is 0.0602. The summed E-state index contributed by atoms with van der Waals surface area (Å²) >= 11 is 1.39. The van der Waals surface area contributed by atoms with E-state index < -0.39 is 17.9 Å². The van der Waals surface area contributed by atoms with Crippen LogP contribution in [0, 0.1) is 5.92 Å². The molecule has 0 saturated carbocycles. The molecule has 1 atom stereocenters. The maximum absolute atomic E-state index is 11.1. The van der Waals surface area contributed by atoms with E-state index in [1.165, 1.54) is 18.3 Å². The Labute approximate surface area is 96.8 Å². The molecule has 86 valence electrons. The first-order valence-corrected chi connectivity index (χ1v) is 5.53. The van der Waals surface area contributed by atoms with E-state index in [2.05, 4.69) is 0 Å². The summed E-state index contributed by atoms with van der Waals surface area (Å²) in [5, 5.41) is 19.7. The number of carbonyl (C=O) groups is 2. The maximum atomic E-state index is 11.1. The zero-order valence-electron chi connectivity index (χ0n) is 8.93. The molecule has 0 spiro atoms. The average Bonchev–Trinajstić information content (AvgIpc) is 2.69. The van der Waals surface area contributed by atoms with Gasteiger partial charge in [0.15, 0.2) is 0 Å². The number of rotatable bonds is 4. The third-order valence-electron chi connectivity index (χ3n) is 2.33. The van der Waals surface area contributed by atoms with Gasteiger partial charge in [-0.1, -0.05) is 6.07 Å². The predicted molar refractivity (Wildman–Crippen MR) is 61.3 cm³/mol. The van der Waals surface area contributed by atoms with E-state index in [4.69, 9.17) is 10.2 Å². The summed E-state index contributed by atoms with van der Waals surface area (Å²) in [6, 6.07) is 3.58. The molecule has 1 rings (SSSR count). The van der Waals surface area contributed by atoms with E-state index in [0.717, 1.165) is 4.88 Å². The SMILES string of the molecule is C/C(=C(\C(=O)O)C(C)C(=O)O)c1cccs1. The summed E-state index contributed by atoms with van der Waals surface area (Å²) in [6.07, 6.45) is 0. The lowest BCUT2D eigenvalue weighted by Crippen LogP contribution is -2.19. The zero-order valence-corrected chi connectivity index (χ0v) is 9.75. The number of hydrogen-bond donors (Lipinski definition) is 2. The average molecular weight is 240 g/mol. The molecule has 0 radical (unpaired) electrons. The summed E-state index contributed by atoms with van der Waals surface area (Å²) in [4.78, 5) is 22.7. The number of carboxylic acid groups (broad SMARTS) is 2. The van der Waals surface area contributed by atoms with E-state index in [1.807, 2.05) is 5.38 Å². The molecule has 1 unspecified atom stereocenters. The van der Waals surface area contributed by atoms with Crippen LogP contribution in [-0.2, 0) is 9.59 Å². The highest BCUT2D eigenvalue weighted by atomic mass is 32.1. The van der Waals surface area contributed by atoms with Crippen molar-refractivity contribution < 1.29 is 19.8 Å². The third kappa shape index (κ3) is 2.49. The van der Waals surface area contributed by atoms with Gasteiger partial charge in [-0.2, -0.15) is 0 Å². The van der Waals surface area contributed by atoms with Crippen molar-refractivity contribution in [2.24, 2.45) is 5.92 Å². The number of carboxylic acids is 2. The van der Waals surface area contributed by atoms with Crippen molar-refractivity contribution in [3.63, 3.8) is 0 Å². The molecule has 5 heteroatoms. The number of thiophene rings is 1. The Morgan fingerprint density at radius 3 is 2.38 bits per heavy atom. The Balaban J connectivity index is 3.25. The zero-order chi connectivity index (χ0) is 12.3. The molecule has 1 aromatic heterocycles. The minimum atomic E-state index is -1.18. The number of hydrogen-bond acceptors (Lipinski definition) is 3. The van der Waals surface area contributed by atoms with Gasteiger partial charge in [0.1, 0.15) is 0 Å². The topological polar surface area (TPSA) is 74.6 Å². The van der Waals surface area contributed by atoms with Crippen LogP contribution >= 0.6 is 11.3 Å². The van der Waals surface area contributed by atoms with Gasteiger partial charge in [-0.3, -0.25) is 4.79 Å². The van der Waals surface area contributed by atoms with Crippen LogP contribution in [0.5, 0.6) is 0 Å². The first-order valence-electron chi connectivity index (χ1n) is 4.66. The summed E-state index contributed by atoms with van der Waals surface area (Å²) in [5.74, 6) is -3.33. The van der Waals surface area contributed by atoms with Crippen molar-refractivity contribution in [1.29, 1.82) is 0 Å². The molecule has 4 nitrogen and oxygen atoms in total. The Bertz CT molecular complexity index is 431. The highest BCUT2D eigenvalue weighted by Gasteiger charge is 2.25. The molecule has 2 N–H and O–H groups in total. The molecule has 0 saturated heterocycles. The van der Waals surface area contributed by atoms with Gasteiger partial charge in [0, 0.05) is 4.88 Å². The van der Waals surface area contributed by atoms with Gasteiger partial charge in [-0.05, 0) is 30.9 Å². The molecular weight excluding hydrogens is 228 g/mol. The highest BCUT2D eigenvalue weighted by Crippen LogP contribution is 2.27. The lowest BCUT2D eigenvalue weighted by Gasteiger charge is -2.10. The van der Waals surface area contributed by atoms with Crippen LogP contribution in [0.1, 0.15) is 18.7 Å². The second-order valence-corrected chi connectivity index (χ2v) is 4.33. The predicted octanol–water partition coefficient (Wildman–Crippen LogP) is 2.33. The third-order valence-corrected chi connectivity index (χ3v) is 3.32. The van der Waals surface area contributed by atoms with E-state index >= 15 is 0 Å². The van der Waals surface area contributed by atoms with Gasteiger partial charge in [0.2, 0.25) is 0 Å². The first kappa shape index (κ1) is 12.4. The molecule has 16 heavy (non-hydrogen) atoms. The van der Waals surface area contributed by atoms with Crippen molar-refractivity contribution in [1.82, 2.24) is 0 Å². The van der Waals surface area contributed by atoms with Gasteiger partial charge >= 0.3 is 11.9 Å². The summed E-state index contributed by atoms with van der Waals surface area (Å²) in [5.41, 5.74) is 0.451. The molecule has 0 fully saturated rings. The maximum Gasteiger partial charge on any atom is 0.332 e. The van der Waals surface area contributed by atoms with Crippen LogP contribution in [0.2, 0.25) is 0 Å². The minimum Gasteiger partial charge on any atom is -0.481 e. The highest BCUT2D eigenvalue weighted by molar-refractivity contribution is 7.11. The smallest absolute Gasteiger partial charge is 0.332 e. The lowest BCUT2D eigenvalue weighted by molar-refractivity contribution is -0.143. The van der Waals surface area contributed by atoms with Crippen LogP contribution in [0.3, 0.4) is 0 Å². The molecule has 0 aliphatic carbocycles. The molecule has 0 aliphatic rings. The molecule has 1 heterocycles. The standard InChI is InChI=1S/C11H12O4S/c1-6(8-4-3-5-16-8)9(11(14)15)7(2)10(12)13/h3-5,7H,1-2H3,(H,12,13)(H,14,15)/b9-6+. The monoisotopic (exact) mass is 240 g/mol. The van der Waals surface area contributed by atoms with Crippen molar-refractivity contribution in [2.75, 3.05) is 0 Å². The molecular formula is C11H12O4S. The van der Waals surface area contributed by atoms with Gasteiger partial charge in [-0.15, -0.1) is 11.3 Å². The Morgan fingerprint density at radius 2 is 2.00 bits per heavy atom. The lowest BCUT2D eigenvalue weighted by atomic mass is 9.96. The first-order chi connectivity index (χ1) is 7.45. The van der Waals surface area contributed by atoms with Gasteiger partial charge in [0.05, 0.1) is 11.5 Å². The Morgan fingerprint density at radius 1 is 1.38 bits per heavy atom. The fourth-order valence-corrected chi connectivity index (χ4v) is 2.17. The van der Waals surface area contributed by atoms with Crippen molar-refractivity contribution in [3.8, 4) is 0 Å². The fraction of sp³-hybridized carbons (Fsp3) is 0.273. The quantitative estimate of drug-likeness (QED) is 0.792. The molecule has 0 aliphatic heterocycles. The van der Waals surface area contributed by atoms with E-state index in [9.17, 15) is 9.59 Å². The van der Waals surface area contributed by atoms with Gasteiger partial charge < -0.3 is 10.2 Å². The van der Waals surface area contributed by atoms with Crippen LogP contribution < -0.4 is 0 Å². The van der Waals surface area contributed by atoms with Crippen molar-refractivity contribution in [3.05, 3.63) is 28.0 Å². The van der Waals surface area contributed by atoms with Crippen molar-refractivity contribution in [2.45, 2.75) is 13.8 Å². The second kappa shape index (κ2) is 4.94. The Kier molecular flexibility index (Phi) is 3.84. The largest absolute Gasteiger partial charge is 0.481 e. The Hall–Kier alpha value is -1.62. The summed E-state index contributed by atoms with van der Waals surface area (Å²) in [7, 11) is 0. The number of aliphatic carboxylic acids is 2. The second-order valence-electron chi connectivity index (χ2n) is 3.38. The van der Waals surface area contributed by atoms with Gasteiger partial charge in [0.25, 0.3) is 0 Å². The number of allylic oxidation sites excluding steroid dienone is 1. The summed E-state index contributed by atoms with van der Waals surface area (Å²) in [6.45, 7) is 3.01. The van der Waals surface area contributed by atoms with E-state index in [0.29, 0.717) is 5.57 Å². The molecule has 0 aromatic carbocycles. The van der Waals surface area contributed by atoms with Crippen LogP contribution in [0.25, 0.3) is 5.57 Å². The van der Waals surface area contributed by atoms with Crippen molar-refractivity contribution >= 4 is 28.8 Å². The molecule has 0 bridgehead atoms. The van der Waals surface area contributed by atoms with E-state index in [1.54, 1.807) is 19.1 Å². The van der Waals surface area contributed by atoms with Crippen LogP contribution in [0.4, 0.5) is 0 Å². The molecule has 1 aromatic rings. The van der Waals surface area contributed by atoms with E-state index in [-0.39, 0.29) is 5.57 Å². The normalized spacial score (nSPS) is 14.1. The van der Waals surface area contributed by atoms with Crippen LogP contribution in [-0.4, -0.2) is 22.2 Å².